The van der Waals surface area contributed by atoms with Gasteiger partial charge < -0.3 is 20.5 Å². The van der Waals surface area contributed by atoms with Crippen LogP contribution >= 0.6 is 11.3 Å². The summed E-state index contributed by atoms with van der Waals surface area (Å²) in [5.41, 5.74) is 5.80. The molecule has 1 atom stereocenters. The fraction of sp³-hybridized carbons (Fsp3) is 0.312. The zero-order chi connectivity index (χ0) is 20.5. The van der Waals surface area contributed by atoms with Crippen molar-refractivity contribution in [2.75, 3.05) is 41.0 Å². The van der Waals surface area contributed by atoms with Crippen molar-refractivity contribution in [1.82, 2.24) is 10.2 Å². The predicted molar refractivity (Wildman–Crippen MR) is 103 cm³/mol. The molecule has 0 aliphatic carbocycles. The van der Waals surface area contributed by atoms with E-state index >= 15 is 0 Å². The highest BCUT2D eigenvalue weighted by atomic mass is 32.1. The van der Waals surface area contributed by atoms with Crippen LogP contribution in [0, 0.1) is 5.82 Å². The van der Waals surface area contributed by atoms with Crippen LogP contribution in [0.4, 0.5) is 25.7 Å². The second-order valence-electron chi connectivity index (χ2n) is 6.24. The molecule has 3 N–H and O–H groups in total. The fourth-order valence-corrected chi connectivity index (χ4v) is 3.59. The molecule has 0 radical (unpaired) electrons. The van der Waals surface area contributed by atoms with Crippen molar-refractivity contribution in [3.63, 3.8) is 0 Å². The van der Waals surface area contributed by atoms with Gasteiger partial charge in [0.05, 0.1) is 31.1 Å². The summed E-state index contributed by atoms with van der Waals surface area (Å²) in [7, 11) is 0. The maximum absolute atomic E-state index is 14.7. The van der Waals surface area contributed by atoms with Crippen molar-refractivity contribution in [3.8, 4) is 0 Å². The molecule has 2 aliphatic heterocycles. The van der Waals surface area contributed by atoms with Crippen LogP contribution in [0.15, 0.2) is 23.3 Å². The van der Waals surface area contributed by atoms with Crippen LogP contribution in [0.25, 0.3) is 0 Å². The lowest BCUT2D eigenvalue weighted by Crippen LogP contribution is -2.38. The van der Waals surface area contributed by atoms with Gasteiger partial charge in [0.2, 0.25) is 10.1 Å². The van der Waals surface area contributed by atoms with Crippen LogP contribution in [0.1, 0.15) is 9.80 Å². The zero-order valence-corrected chi connectivity index (χ0v) is 15.8. The highest BCUT2D eigenvalue weighted by molar-refractivity contribution is 7.17. The van der Waals surface area contributed by atoms with E-state index in [4.69, 9.17) is 15.6 Å². The van der Waals surface area contributed by atoms with Gasteiger partial charge in [-0.25, -0.2) is 14.2 Å². The smallest absolute Gasteiger partial charge is 0.414 e. The van der Waals surface area contributed by atoms with E-state index < -0.39 is 23.9 Å². The predicted octanol–water partition coefficient (Wildman–Crippen LogP) is 0.363. The third kappa shape index (κ3) is 3.69. The molecule has 1 aromatic carbocycles. The molecule has 1 fully saturated rings. The van der Waals surface area contributed by atoms with E-state index in [1.165, 1.54) is 17.3 Å². The van der Waals surface area contributed by atoms with Gasteiger partial charge in [0.15, 0.2) is 0 Å². The first-order chi connectivity index (χ1) is 14.0. The molecule has 0 saturated carbocycles. The molecule has 0 bridgehead atoms. The van der Waals surface area contributed by atoms with Crippen LogP contribution in [0.2, 0.25) is 0 Å². The average Bonchev–Trinajstić information content (AvgIpc) is 3.35. The van der Waals surface area contributed by atoms with Gasteiger partial charge in [0.25, 0.3) is 5.91 Å². The number of carbonyl (C=O) groups is 2. The number of hydrogen-bond acceptors (Lipinski definition) is 10. The van der Waals surface area contributed by atoms with Crippen molar-refractivity contribution in [1.29, 1.82) is 0 Å². The Kier molecular flexibility index (Phi) is 4.98. The summed E-state index contributed by atoms with van der Waals surface area (Å²) < 4.78 is 19.7. The summed E-state index contributed by atoms with van der Waals surface area (Å²) in [6, 6.07) is 4.38. The molecule has 2 amide bonds. The Balaban J connectivity index is 1.48. The molecule has 2 aliphatic rings. The number of amides is 2. The van der Waals surface area contributed by atoms with Gasteiger partial charge in [0, 0.05) is 6.54 Å². The normalized spacial score (nSPS) is 19.0. The number of rotatable bonds is 5. The van der Waals surface area contributed by atoms with E-state index in [2.05, 4.69) is 15.3 Å². The lowest BCUT2D eigenvalue weighted by atomic mass is 10.2. The molecular formula is C16H16FN7O4S. The number of aromatic nitrogens is 2. The van der Waals surface area contributed by atoms with Crippen LogP contribution < -0.4 is 20.5 Å². The summed E-state index contributed by atoms with van der Waals surface area (Å²) in [6.45, 7) is 0.661. The third-order valence-corrected chi connectivity index (χ3v) is 5.31. The minimum Gasteiger partial charge on any atom is -0.441 e. The number of aliphatic hydroxyl groups is 1. The molecule has 0 spiro atoms. The van der Waals surface area contributed by atoms with Gasteiger partial charge in [-0.15, -0.1) is 10.2 Å². The number of anilines is 3. The largest absolute Gasteiger partial charge is 0.441 e. The Morgan fingerprint density at radius 2 is 2.21 bits per heavy atom. The molecule has 29 heavy (non-hydrogen) atoms. The highest BCUT2D eigenvalue weighted by Crippen LogP contribution is 2.29. The summed E-state index contributed by atoms with van der Waals surface area (Å²) >= 11 is 1.02. The SMILES string of the molecule is NC(=O)c1nnc(N2CCN(c3ccc(N4C[C@H](CO)OC4=O)cc3F)C=N2)s1. The van der Waals surface area contributed by atoms with Crippen LogP contribution in [0.3, 0.4) is 0 Å². The van der Waals surface area contributed by atoms with Gasteiger partial charge >= 0.3 is 6.09 Å². The van der Waals surface area contributed by atoms with Crippen LogP contribution in [-0.2, 0) is 4.74 Å². The Labute approximate surface area is 167 Å². The maximum atomic E-state index is 14.7. The number of aliphatic hydroxyl groups excluding tert-OH is 1. The molecular weight excluding hydrogens is 405 g/mol. The zero-order valence-electron chi connectivity index (χ0n) is 14.9. The molecule has 11 nitrogen and oxygen atoms in total. The first-order valence-electron chi connectivity index (χ1n) is 8.56. The Morgan fingerprint density at radius 3 is 2.79 bits per heavy atom. The number of hydrogen-bond donors (Lipinski definition) is 2. The minimum absolute atomic E-state index is 0.0862. The van der Waals surface area contributed by atoms with E-state index in [0.717, 1.165) is 11.3 Å². The highest BCUT2D eigenvalue weighted by Gasteiger charge is 2.32. The molecule has 3 heterocycles. The Morgan fingerprint density at radius 1 is 1.38 bits per heavy atom. The van der Waals surface area contributed by atoms with E-state index in [1.807, 2.05) is 0 Å². The van der Waals surface area contributed by atoms with E-state index in [9.17, 15) is 14.0 Å². The second-order valence-corrected chi connectivity index (χ2v) is 7.19. The minimum atomic E-state index is -0.661. The number of halogens is 1. The monoisotopic (exact) mass is 421 g/mol. The topological polar surface area (TPSA) is 137 Å². The van der Waals surface area contributed by atoms with Gasteiger partial charge in [-0.05, 0) is 18.2 Å². The van der Waals surface area contributed by atoms with E-state index in [0.29, 0.717) is 29.6 Å². The lowest BCUT2D eigenvalue weighted by molar-refractivity contribution is 0.0962. The maximum Gasteiger partial charge on any atom is 0.414 e. The Bertz CT molecular complexity index is 984. The van der Waals surface area contributed by atoms with Crippen LogP contribution in [-0.4, -0.2) is 66.0 Å². The summed E-state index contributed by atoms with van der Waals surface area (Å²) in [6.07, 6.45) is 0.193. The van der Waals surface area contributed by atoms with Crippen molar-refractivity contribution in [2.24, 2.45) is 10.8 Å². The molecule has 4 rings (SSSR count). The first-order valence-corrected chi connectivity index (χ1v) is 9.38. The number of nitrogens with zero attached hydrogens (tertiary/aromatic N) is 6. The number of hydrazone groups is 1. The molecule has 1 saturated heterocycles. The standard InChI is InChI=1S/C16H16FN7O4S/c17-11-5-9(23-6-10(7-25)28-16(23)27)1-2-12(11)22-3-4-24(19-8-22)15-21-20-14(29-15)13(18)26/h1-2,5,8,10,25H,3-4,6-7H2,(H2,18,26)/t10-/m1/s1. The molecule has 13 heteroatoms. The van der Waals surface area contributed by atoms with Crippen molar-refractivity contribution in [3.05, 3.63) is 29.0 Å². The number of ether oxygens (including phenoxy) is 1. The summed E-state index contributed by atoms with van der Waals surface area (Å²) in [5.74, 6) is -1.19. The third-order valence-electron chi connectivity index (χ3n) is 4.36. The number of cyclic esters (lactones) is 1. The number of nitrogens with two attached hydrogens (primary N) is 1. The van der Waals surface area contributed by atoms with E-state index in [-0.39, 0.29) is 18.2 Å². The molecule has 152 valence electrons. The fourth-order valence-electron chi connectivity index (χ4n) is 2.91. The van der Waals surface area contributed by atoms with Gasteiger partial charge in [-0.2, -0.15) is 5.10 Å². The van der Waals surface area contributed by atoms with Gasteiger partial charge in [0.1, 0.15) is 18.3 Å². The number of primary amides is 1. The van der Waals surface area contributed by atoms with Crippen molar-refractivity contribution in [2.45, 2.75) is 6.10 Å². The van der Waals surface area contributed by atoms with Crippen molar-refractivity contribution >= 4 is 46.2 Å². The molecule has 2 aromatic rings. The van der Waals surface area contributed by atoms with Gasteiger partial charge in [-0.1, -0.05) is 11.3 Å². The molecule has 1 aromatic heterocycles. The summed E-state index contributed by atoms with van der Waals surface area (Å²) in [4.78, 5) is 25.9. The van der Waals surface area contributed by atoms with E-state index in [1.54, 1.807) is 22.0 Å². The molecule has 0 unspecified atom stereocenters. The van der Waals surface area contributed by atoms with Crippen molar-refractivity contribution < 1.29 is 23.8 Å². The Hall–Kier alpha value is -3.32. The van der Waals surface area contributed by atoms with Gasteiger partial charge in [-0.3, -0.25) is 9.69 Å². The second kappa shape index (κ2) is 7.60. The first kappa shape index (κ1) is 19.0. The summed E-state index contributed by atoms with van der Waals surface area (Å²) in [5, 5.41) is 22.9. The quantitative estimate of drug-likeness (QED) is 0.706. The lowest BCUT2D eigenvalue weighted by Gasteiger charge is -2.28. The van der Waals surface area contributed by atoms with Crippen LogP contribution in [0.5, 0.6) is 0 Å². The average molecular weight is 421 g/mol. The number of benzene rings is 1. The number of carbonyl (C=O) groups excluding carboxylic acids is 2.